The number of hydrogen-bond donors (Lipinski definition) is 2. The molecule has 25 heavy (non-hydrogen) atoms. The largest absolute Gasteiger partial charge is 0.360 e. The maximum atomic E-state index is 6.27. The summed E-state index contributed by atoms with van der Waals surface area (Å²) in [6, 6.07) is 5.94. The number of halogens is 3. The van der Waals surface area contributed by atoms with E-state index in [0.29, 0.717) is 38.6 Å². The number of nitrogens with zero attached hydrogens (tertiary/aromatic N) is 2. The summed E-state index contributed by atoms with van der Waals surface area (Å²) in [5, 5.41) is 13.0. The zero-order valence-corrected chi connectivity index (χ0v) is 16.7. The van der Waals surface area contributed by atoms with E-state index in [2.05, 4.69) is 15.7 Å². The molecule has 3 rings (SSSR count). The van der Waals surface area contributed by atoms with Gasteiger partial charge in [0.2, 0.25) is 0 Å². The molecule has 134 valence electrons. The molecule has 0 spiro atoms. The molecular weight excluding hydrogens is 399 g/mol. The zero-order valence-electron chi connectivity index (χ0n) is 13.6. The van der Waals surface area contributed by atoms with Crippen LogP contribution in [0.5, 0.6) is 0 Å². The predicted molar refractivity (Wildman–Crippen MR) is 109 cm³/mol. The molecule has 1 heterocycles. The average Bonchev–Trinajstić information content (AvgIpc) is 2.91. The molecule has 4 nitrogen and oxygen atoms in total. The van der Waals surface area contributed by atoms with Gasteiger partial charge in [-0.05, 0) is 42.8 Å². The molecule has 1 saturated carbocycles. The lowest BCUT2D eigenvalue weighted by Gasteiger charge is -2.24. The summed E-state index contributed by atoms with van der Waals surface area (Å²) in [6.45, 7) is 0.543. The van der Waals surface area contributed by atoms with Crippen molar-refractivity contribution < 1.29 is 0 Å². The van der Waals surface area contributed by atoms with Crippen LogP contribution in [0.4, 0.5) is 5.82 Å². The fraction of sp³-hybridized carbons (Fsp3) is 0.412. The lowest BCUT2D eigenvalue weighted by molar-refractivity contribution is 0.415. The fourth-order valence-corrected chi connectivity index (χ4v) is 3.75. The summed E-state index contributed by atoms with van der Waals surface area (Å²) in [4.78, 5) is 0. The lowest BCUT2D eigenvalue weighted by Crippen LogP contribution is -2.39. The Morgan fingerprint density at radius 1 is 1.12 bits per heavy atom. The van der Waals surface area contributed by atoms with Crippen molar-refractivity contribution in [2.75, 3.05) is 5.32 Å². The normalized spacial score (nSPS) is 15.2. The van der Waals surface area contributed by atoms with Gasteiger partial charge in [-0.2, -0.15) is 5.10 Å². The van der Waals surface area contributed by atoms with Crippen molar-refractivity contribution in [2.45, 2.75) is 44.7 Å². The van der Waals surface area contributed by atoms with E-state index in [1.807, 2.05) is 12.1 Å². The molecule has 0 unspecified atom stereocenters. The lowest BCUT2D eigenvalue weighted by atomic mass is 9.96. The van der Waals surface area contributed by atoms with Crippen LogP contribution in [-0.4, -0.2) is 20.9 Å². The minimum absolute atomic E-state index is 0.436. The number of rotatable bonds is 4. The van der Waals surface area contributed by atoms with E-state index < -0.39 is 0 Å². The third kappa shape index (κ3) is 5.23. The van der Waals surface area contributed by atoms with Crippen LogP contribution in [-0.2, 0) is 6.54 Å². The van der Waals surface area contributed by atoms with Crippen LogP contribution in [0.2, 0.25) is 15.1 Å². The highest BCUT2D eigenvalue weighted by molar-refractivity contribution is 7.80. The monoisotopic (exact) mass is 416 g/mol. The molecule has 8 heteroatoms. The van der Waals surface area contributed by atoms with E-state index in [0.717, 1.165) is 18.4 Å². The van der Waals surface area contributed by atoms with Crippen molar-refractivity contribution >= 4 is 58.0 Å². The Balaban J connectivity index is 1.61. The van der Waals surface area contributed by atoms with Crippen LogP contribution in [0.3, 0.4) is 0 Å². The van der Waals surface area contributed by atoms with Crippen LogP contribution >= 0.6 is 47.0 Å². The van der Waals surface area contributed by atoms with Crippen LogP contribution in [0.1, 0.15) is 37.7 Å². The van der Waals surface area contributed by atoms with Crippen molar-refractivity contribution in [2.24, 2.45) is 0 Å². The van der Waals surface area contributed by atoms with Gasteiger partial charge in [0.1, 0.15) is 5.02 Å². The molecule has 1 fully saturated rings. The summed E-state index contributed by atoms with van der Waals surface area (Å²) in [7, 11) is 0. The average molecular weight is 418 g/mol. The maximum absolute atomic E-state index is 6.27. The molecule has 0 radical (unpaired) electrons. The van der Waals surface area contributed by atoms with Crippen molar-refractivity contribution in [3.8, 4) is 0 Å². The second-order valence-corrected chi connectivity index (χ2v) is 7.83. The van der Waals surface area contributed by atoms with Crippen LogP contribution in [0.25, 0.3) is 0 Å². The molecule has 2 N–H and O–H groups in total. The summed E-state index contributed by atoms with van der Waals surface area (Å²) in [6.07, 6.45) is 7.88. The minimum atomic E-state index is 0.436. The van der Waals surface area contributed by atoms with Crippen LogP contribution in [0, 0.1) is 0 Å². The van der Waals surface area contributed by atoms with Gasteiger partial charge in [-0.15, -0.1) is 0 Å². The molecule has 2 aromatic rings. The van der Waals surface area contributed by atoms with Crippen LogP contribution < -0.4 is 10.6 Å². The van der Waals surface area contributed by atoms with Gasteiger partial charge in [-0.25, -0.2) is 0 Å². The molecule has 1 aliphatic carbocycles. The Morgan fingerprint density at radius 3 is 2.60 bits per heavy atom. The molecule has 0 saturated heterocycles. The van der Waals surface area contributed by atoms with Gasteiger partial charge >= 0.3 is 0 Å². The molecule has 0 aliphatic heterocycles. The molecule has 1 aliphatic rings. The van der Waals surface area contributed by atoms with E-state index >= 15 is 0 Å². The second-order valence-electron chi connectivity index (χ2n) is 6.21. The molecule has 1 aromatic heterocycles. The van der Waals surface area contributed by atoms with Gasteiger partial charge in [0.15, 0.2) is 10.9 Å². The number of hydrogen-bond acceptors (Lipinski definition) is 2. The van der Waals surface area contributed by atoms with Crippen LogP contribution in [0.15, 0.2) is 24.4 Å². The third-order valence-electron chi connectivity index (χ3n) is 4.22. The number of nitrogens with one attached hydrogen (secondary N) is 2. The number of benzene rings is 1. The predicted octanol–water partition coefficient (Wildman–Crippen LogP) is 5.51. The van der Waals surface area contributed by atoms with E-state index in [9.17, 15) is 0 Å². The van der Waals surface area contributed by atoms with Gasteiger partial charge in [-0.1, -0.05) is 60.1 Å². The Kier molecular flexibility index (Phi) is 6.44. The first-order chi connectivity index (χ1) is 12.0. The number of anilines is 1. The second kappa shape index (κ2) is 8.58. The van der Waals surface area contributed by atoms with Crippen molar-refractivity contribution in [1.82, 2.24) is 15.1 Å². The van der Waals surface area contributed by atoms with Crippen molar-refractivity contribution in [3.05, 3.63) is 45.0 Å². The smallest absolute Gasteiger partial charge is 0.173 e. The summed E-state index contributed by atoms with van der Waals surface area (Å²) < 4.78 is 1.74. The van der Waals surface area contributed by atoms with Crippen molar-refractivity contribution in [1.29, 1.82) is 0 Å². The first-order valence-corrected chi connectivity index (χ1v) is 9.80. The van der Waals surface area contributed by atoms with Gasteiger partial charge in [0.05, 0.1) is 16.6 Å². The SMILES string of the molecule is S=C(Nc1nn(Cc2ccc(Cl)c(Cl)c2)cc1Cl)NC1CCCCC1. The summed E-state index contributed by atoms with van der Waals surface area (Å²) >= 11 is 23.7. The zero-order chi connectivity index (χ0) is 17.8. The Hall–Kier alpha value is -1.01. The first-order valence-electron chi connectivity index (χ1n) is 8.25. The minimum Gasteiger partial charge on any atom is -0.360 e. The molecular formula is C17H19Cl3N4S. The highest BCUT2D eigenvalue weighted by Crippen LogP contribution is 2.24. The first kappa shape index (κ1) is 18.8. The van der Waals surface area contributed by atoms with E-state index in [1.165, 1.54) is 19.3 Å². The van der Waals surface area contributed by atoms with Gasteiger partial charge in [-0.3, -0.25) is 4.68 Å². The Morgan fingerprint density at radius 2 is 1.88 bits per heavy atom. The van der Waals surface area contributed by atoms with Gasteiger partial charge in [0.25, 0.3) is 0 Å². The quantitative estimate of drug-likeness (QED) is 0.644. The Bertz CT molecular complexity index is 756. The fourth-order valence-electron chi connectivity index (χ4n) is 2.96. The topological polar surface area (TPSA) is 41.9 Å². The number of aromatic nitrogens is 2. The highest BCUT2D eigenvalue weighted by Gasteiger charge is 2.15. The standard InChI is InChI=1S/C17H19Cl3N4S/c18-13-7-6-11(8-14(13)19)9-24-10-15(20)16(23-24)22-17(25)21-12-4-2-1-3-5-12/h6-8,10,12H,1-5,9H2,(H2,21,22,23,25). The molecule has 1 aromatic carbocycles. The molecule has 0 amide bonds. The number of thiocarbonyl (C=S) groups is 1. The summed E-state index contributed by atoms with van der Waals surface area (Å²) in [5.41, 5.74) is 0.989. The highest BCUT2D eigenvalue weighted by atomic mass is 35.5. The van der Waals surface area contributed by atoms with E-state index in [-0.39, 0.29) is 0 Å². The molecule has 0 atom stereocenters. The third-order valence-corrected chi connectivity index (χ3v) is 5.45. The van der Waals surface area contributed by atoms with E-state index in [1.54, 1.807) is 16.9 Å². The molecule has 0 bridgehead atoms. The van der Waals surface area contributed by atoms with Gasteiger partial charge in [0, 0.05) is 12.2 Å². The van der Waals surface area contributed by atoms with E-state index in [4.69, 9.17) is 47.0 Å². The summed E-state index contributed by atoms with van der Waals surface area (Å²) in [5.74, 6) is 0.551. The van der Waals surface area contributed by atoms with Crippen molar-refractivity contribution in [3.63, 3.8) is 0 Å². The Labute approximate surface area is 167 Å². The van der Waals surface area contributed by atoms with Gasteiger partial charge < -0.3 is 10.6 Å². The maximum Gasteiger partial charge on any atom is 0.173 e.